The first kappa shape index (κ1) is 7.72. The molecule has 0 spiro atoms. The van der Waals surface area contributed by atoms with Crippen molar-refractivity contribution >= 4 is 5.69 Å². The molecular formula is C8H9N5. The van der Waals surface area contributed by atoms with Crippen molar-refractivity contribution < 1.29 is 0 Å². The van der Waals surface area contributed by atoms with Gasteiger partial charge in [0.05, 0.1) is 0 Å². The summed E-state index contributed by atoms with van der Waals surface area (Å²) in [4.78, 5) is 0. The Kier molecular flexibility index (Phi) is 1.91. The van der Waals surface area contributed by atoms with Crippen molar-refractivity contribution in [3.05, 3.63) is 24.3 Å². The van der Waals surface area contributed by atoms with Crippen LogP contribution in [-0.2, 0) is 0 Å². The van der Waals surface area contributed by atoms with Crippen LogP contribution < -0.4 is 5.32 Å². The molecule has 0 saturated heterocycles. The summed E-state index contributed by atoms with van der Waals surface area (Å²) >= 11 is 0. The van der Waals surface area contributed by atoms with Crippen molar-refractivity contribution in [2.24, 2.45) is 0 Å². The topological polar surface area (TPSA) is 66.5 Å². The van der Waals surface area contributed by atoms with Crippen LogP contribution in [0.1, 0.15) is 0 Å². The predicted molar refractivity (Wildman–Crippen MR) is 49.2 cm³/mol. The van der Waals surface area contributed by atoms with Crippen LogP contribution in [0.25, 0.3) is 11.4 Å². The van der Waals surface area contributed by atoms with E-state index in [2.05, 4.69) is 25.9 Å². The van der Waals surface area contributed by atoms with Gasteiger partial charge < -0.3 is 5.32 Å². The van der Waals surface area contributed by atoms with Gasteiger partial charge in [-0.25, -0.2) is 0 Å². The first-order valence-electron chi connectivity index (χ1n) is 3.92. The summed E-state index contributed by atoms with van der Waals surface area (Å²) in [6.45, 7) is 0. The van der Waals surface area contributed by atoms with E-state index >= 15 is 0 Å². The number of aromatic amines is 1. The molecule has 13 heavy (non-hydrogen) atoms. The summed E-state index contributed by atoms with van der Waals surface area (Å²) in [6.07, 6.45) is 0. The third-order valence-electron chi connectivity index (χ3n) is 1.78. The number of rotatable bonds is 2. The number of nitrogens with zero attached hydrogens (tertiary/aromatic N) is 3. The summed E-state index contributed by atoms with van der Waals surface area (Å²) in [6, 6.07) is 7.80. The molecule has 1 aromatic carbocycles. The van der Waals surface area contributed by atoms with Gasteiger partial charge in [0, 0.05) is 18.3 Å². The van der Waals surface area contributed by atoms with Gasteiger partial charge in [-0.2, -0.15) is 5.21 Å². The summed E-state index contributed by atoms with van der Waals surface area (Å²) in [7, 11) is 1.86. The fraction of sp³-hybridized carbons (Fsp3) is 0.125. The largest absolute Gasteiger partial charge is 0.388 e. The summed E-state index contributed by atoms with van der Waals surface area (Å²) in [5.74, 6) is 0.602. The van der Waals surface area contributed by atoms with Crippen LogP contribution in [0, 0.1) is 0 Å². The van der Waals surface area contributed by atoms with Gasteiger partial charge in [0.2, 0.25) is 5.82 Å². The number of benzene rings is 1. The average molecular weight is 175 g/mol. The van der Waals surface area contributed by atoms with Crippen molar-refractivity contribution in [1.29, 1.82) is 0 Å². The highest BCUT2D eigenvalue weighted by molar-refractivity contribution is 5.72. The zero-order chi connectivity index (χ0) is 9.10. The quantitative estimate of drug-likeness (QED) is 0.711. The van der Waals surface area contributed by atoms with E-state index in [4.69, 9.17) is 0 Å². The zero-order valence-electron chi connectivity index (χ0n) is 7.15. The molecule has 0 fully saturated rings. The lowest BCUT2D eigenvalue weighted by Crippen LogP contribution is -1.92. The first-order chi connectivity index (χ1) is 6.42. The highest BCUT2D eigenvalue weighted by atomic mass is 15.5. The molecule has 1 aromatic heterocycles. The Hall–Kier alpha value is -1.91. The molecule has 0 aliphatic carbocycles. The number of hydrogen-bond donors (Lipinski definition) is 2. The Labute approximate surface area is 75.2 Å². The third-order valence-corrected chi connectivity index (χ3v) is 1.78. The molecule has 0 aliphatic rings. The van der Waals surface area contributed by atoms with E-state index in [1.165, 1.54) is 0 Å². The maximum absolute atomic E-state index is 3.91. The van der Waals surface area contributed by atoms with Crippen LogP contribution >= 0.6 is 0 Å². The summed E-state index contributed by atoms with van der Waals surface area (Å²) < 4.78 is 0. The number of anilines is 1. The normalized spacial score (nSPS) is 9.92. The Bertz CT molecular complexity index is 381. The van der Waals surface area contributed by atoms with Gasteiger partial charge in [0.1, 0.15) is 0 Å². The van der Waals surface area contributed by atoms with Gasteiger partial charge in [-0.3, -0.25) is 0 Å². The van der Waals surface area contributed by atoms with Crippen LogP contribution in [0.5, 0.6) is 0 Å². The van der Waals surface area contributed by atoms with Crippen molar-refractivity contribution in [2.45, 2.75) is 0 Å². The molecule has 0 bridgehead atoms. The second-order valence-corrected chi connectivity index (χ2v) is 2.53. The van der Waals surface area contributed by atoms with Gasteiger partial charge in [-0.05, 0) is 17.3 Å². The maximum atomic E-state index is 3.91. The highest BCUT2D eigenvalue weighted by Crippen LogP contribution is 2.22. The van der Waals surface area contributed by atoms with Gasteiger partial charge in [-0.15, -0.1) is 10.2 Å². The lowest BCUT2D eigenvalue weighted by Gasteiger charge is -2.03. The zero-order valence-corrected chi connectivity index (χ0v) is 7.15. The number of hydrogen-bond acceptors (Lipinski definition) is 4. The minimum atomic E-state index is 0.602. The van der Waals surface area contributed by atoms with Gasteiger partial charge in [0.25, 0.3) is 0 Å². The molecule has 0 unspecified atom stereocenters. The van der Waals surface area contributed by atoms with Crippen molar-refractivity contribution in [3.63, 3.8) is 0 Å². The molecule has 5 nitrogen and oxygen atoms in total. The second kappa shape index (κ2) is 3.22. The molecular weight excluding hydrogens is 166 g/mol. The molecule has 2 aromatic rings. The number of H-pyrrole nitrogens is 1. The first-order valence-corrected chi connectivity index (χ1v) is 3.92. The number of aromatic nitrogens is 4. The highest BCUT2D eigenvalue weighted by Gasteiger charge is 2.06. The van der Waals surface area contributed by atoms with Crippen molar-refractivity contribution in [1.82, 2.24) is 20.6 Å². The van der Waals surface area contributed by atoms with Gasteiger partial charge in [0.15, 0.2) is 0 Å². The molecule has 0 saturated carbocycles. The van der Waals surface area contributed by atoms with Gasteiger partial charge in [-0.1, -0.05) is 12.1 Å². The summed E-state index contributed by atoms with van der Waals surface area (Å²) in [5.41, 5.74) is 1.93. The van der Waals surface area contributed by atoms with E-state index in [0.717, 1.165) is 11.3 Å². The Balaban J connectivity index is 2.51. The number of tetrazole rings is 1. The minimum Gasteiger partial charge on any atom is -0.388 e. The molecule has 2 N–H and O–H groups in total. The molecule has 0 atom stereocenters. The smallest absolute Gasteiger partial charge is 0.206 e. The lowest BCUT2D eigenvalue weighted by atomic mass is 10.1. The van der Waals surface area contributed by atoms with Crippen LogP contribution in [0.4, 0.5) is 5.69 Å². The standard InChI is InChI=1S/C8H9N5/c1-9-7-5-3-2-4-6(7)8-10-12-13-11-8/h2-5,9H,1H3,(H,10,11,12,13). The molecule has 0 radical (unpaired) electrons. The monoisotopic (exact) mass is 175 g/mol. The average Bonchev–Trinajstić information content (AvgIpc) is 2.70. The van der Waals surface area contributed by atoms with Crippen LogP contribution in [0.15, 0.2) is 24.3 Å². The molecule has 1 heterocycles. The van der Waals surface area contributed by atoms with Crippen molar-refractivity contribution in [3.8, 4) is 11.4 Å². The van der Waals surface area contributed by atoms with Crippen LogP contribution in [0.3, 0.4) is 0 Å². The van der Waals surface area contributed by atoms with E-state index < -0.39 is 0 Å². The number of para-hydroxylation sites is 1. The Morgan fingerprint density at radius 1 is 1.31 bits per heavy atom. The third kappa shape index (κ3) is 1.35. The Morgan fingerprint density at radius 3 is 2.85 bits per heavy atom. The minimum absolute atomic E-state index is 0.602. The maximum Gasteiger partial charge on any atom is 0.206 e. The van der Waals surface area contributed by atoms with Crippen LogP contribution in [-0.4, -0.2) is 27.7 Å². The molecule has 2 rings (SSSR count). The fourth-order valence-corrected chi connectivity index (χ4v) is 1.17. The fourth-order valence-electron chi connectivity index (χ4n) is 1.17. The number of nitrogens with one attached hydrogen (secondary N) is 2. The predicted octanol–water partition coefficient (Wildman–Crippen LogP) is 0.908. The molecule has 5 heteroatoms. The van der Waals surface area contributed by atoms with E-state index in [0.29, 0.717) is 5.82 Å². The summed E-state index contributed by atoms with van der Waals surface area (Å²) in [5, 5.41) is 16.8. The van der Waals surface area contributed by atoms with Gasteiger partial charge >= 0.3 is 0 Å². The molecule has 66 valence electrons. The second-order valence-electron chi connectivity index (χ2n) is 2.53. The molecule has 0 aliphatic heterocycles. The molecule has 0 amide bonds. The van der Waals surface area contributed by atoms with E-state index in [1.54, 1.807) is 0 Å². The lowest BCUT2D eigenvalue weighted by molar-refractivity contribution is 0.881. The van der Waals surface area contributed by atoms with E-state index in [9.17, 15) is 0 Å². The van der Waals surface area contributed by atoms with E-state index in [-0.39, 0.29) is 0 Å². The SMILES string of the molecule is CNc1ccccc1-c1nn[nH]n1. The van der Waals surface area contributed by atoms with E-state index in [1.807, 2.05) is 31.3 Å². The Morgan fingerprint density at radius 2 is 2.15 bits per heavy atom. The van der Waals surface area contributed by atoms with Crippen LogP contribution in [0.2, 0.25) is 0 Å². The van der Waals surface area contributed by atoms with Crippen molar-refractivity contribution in [2.75, 3.05) is 12.4 Å².